The number of amides is 1. The van der Waals surface area contributed by atoms with E-state index in [4.69, 9.17) is 0 Å². The summed E-state index contributed by atoms with van der Waals surface area (Å²) in [5.74, 6) is -2.00. The Morgan fingerprint density at radius 1 is 1.60 bits per heavy atom. The van der Waals surface area contributed by atoms with Crippen molar-refractivity contribution in [2.24, 2.45) is 5.92 Å². The van der Waals surface area contributed by atoms with Gasteiger partial charge in [-0.3, -0.25) is 9.89 Å². The van der Waals surface area contributed by atoms with Crippen LogP contribution < -0.4 is 5.32 Å². The van der Waals surface area contributed by atoms with Crippen LogP contribution in [0.3, 0.4) is 0 Å². The third-order valence-electron chi connectivity index (χ3n) is 3.61. The molecule has 1 aliphatic carbocycles. The third kappa shape index (κ3) is 3.50. The summed E-state index contributed by atoms with van der Waals surface area (Å²) in [6.45, 7) is -0.197. The van der Waals surface area contributed by atoms with Crippen molar-refractivity contribution in [1.29, 1.82) is 0 Å². The molecule has 1 amide bonds. The van der Waals surface area contributed by atoms with Crippen molar-refractivity contribution in [3.63, 3.8) is 0 Å². The zero-order valence-electron chi connectivity index (χ0n) is 10.7. The fraction of sp³-hybridized carbons (Fsp3) is 0.667. The number of alkyl halides is 3. The first-order valence-electron chi connectivity index (χ1n) is 6.37. The van der Waals surface area contributed by atoms with Crippen molar-refractivity contribution in [3.8, 4) is 0 Å². The van der Waals surface area contributed by atoms with E-state index < -0.39 is 23.6 Å². The molecule has 1 aromatic rings. The highest BCUT2D eigenvalue weighted by Gasteiger charge is 2.47. The zero-order chi connectivity index (χ0) is 14.8. The van der Waals surface area contributed by atoms with E-state index in [2.05, 4.69) is 15.5 Å². The first-order valence-corrected chi connectivity index (χ1v) is 6.37. The van der Waals surface area contributed by atoms with Gasteiger partial charge >= 0.3 is 6.18 Å². The van der Waals surface area contributed by atoms with Gasteiger partial charge in [0.25, 0.3) is 5.91 Å². The SMILES string of the molecule is O=C(NC[C@]1(O)CCC[C@H](C(F)(F)F)C1)c1ccn[nH]1. The number of nitrogens with zero attached hydrogens (tertiary/aromatic N) is 1. The quantitative estimate of drug-likeness (QED) is 0.792. The van der Waals surface area contributed by atoms with Gasteiger partial charge in [0, 0.05) is 12.7 Å². The van der Waals surface area contributed by atoms with E-state index in [-0.39, 0.29) is 31.5 Å². The van der Waals surface area contributed by atoms with Crippen LogP contribution >= 0.6 is 0 Å². The normalized spacial score (nSPS) is 27.3. The molecule has 5 nitrogen and oxygen atoms in total. The van der Waals surface area contributed by atoms with Crippen molar-refractivity contribution >= 4 is 5.91 Å². The molecule has 0 radical (unpaired) electrons. The van der Waals surface area contributed by atoms with Gasteiger partial charge in [-0.25, -0.2) is 0 Å². The predicted molar refractivity (Wildman–Crippen MR) is 63.9 cm³/mol. The van der Waals surface area contributed by atoms with Gasteiger partial charge in [0.1, 0.15) is 5.69 Å². The molecule has 3 N–H and O–H groups in total. The van der Waals surface area contributed by atoms with Gasteiger partial charge in [0.15, 0.2) is 0 Å². The van der Waals surface area contributed by atoms with E-state index in [0.717, 1.165) is 0 Å². The van der Waals surface area contributed by atoms with Gasteiger partial charge < -0.3 is 10.4 Å². The molecule has 112 valence electrons. The van der Waals surface area contributed by atoms with Gasteiger partial charge in [-0.2, -0.15) is 18.3 Å². The highest BCUT2D eigenvalue weighted by molar-refractivity contribution is 5.92. The van der Waals surface area contributed by atoms with Crippen LogP contribution in [0, 0.1) is 5.92 Å². The number of nitrogens with one attached hydrogen (secondary N) is 2. The number of hydrogen-bond acceptors (Lipinski definition) is 3. The number of halogens is 3. The van der Waals surface area contributed by atoms with Crippen LogP contribution in [0.1, 0.15) is 36.2 Å². The van der Waals surface area contributed by atoms with Crippen LogP contribution in [0.25, 0.3) is 0 Å². The zero-order valence-corrected chi connectivity index (χ0v) is 10.7. The van der Waals surface area contributed by atoms with E-state index in [0.29, 0.717) is 6.42 Å². The summed E-state index contributed by atoms with van der Waals surface area (Å²) < 4.78 is 38.1. The largest absolute Gasteiger partial charge is 0.391 e. The molecule has 1 aromatic heterocycles. The molecule has 0 aliphatic heterocycles. The summed E-state index contributed by atoms with van der Waals surface area (Å²) in [4.78, 5) is 11.7. The van der Waals surface area contributed by atoms with E-state index in [1.165, 1.54) is 12.3 Å². The van der Waals surface area contributed by atoms with Crippen LogP contribution in [0.4, 0.5) is 13.2 Å². The van der Waals surface area contributed by atoms with Crippen LogP contribution in [0.5, 0.6) is 0 Å². The molecule has 2 rings (SSSR count). The summed E-state index contributed by atoms with van der Waals surface area (Å²) in [5, 5.41) is 18.7. The molecule has 0 unspecified atom stereocenters. The molecule has 0 saturated heterocycles. The lowest BCUT2D eigenvalue weighted by atomic mass is 9.77. The summed E-state index contributed by atoms with van der Waals surface area (Å²) in [6.07, 6.45) is -2.71. The first kappa shape index (κ1) is 14.8. The number of H-pyrrole nitrogens is 1. The van der Waals surface area contributed by atoms with E-state index in [1.54, 1.807) is 0 Å². The average molecular weight is 291 g/mol. The number of rotatable bonds is 3. The number of carbonyl (C=O) groups is 1. The molecule has 1 saturated carbocycles. The van der Waals surface area contributed by atoms with Crippen LogP contribution in [0.15, 0.2) is 12.3 Å². The molecule has 1 aliphatic rings. The van der Waals surface area contributed by atoms with Crippen LogP contribution in [-0.2, 0) is 0 Å². The Kier molecular flexibility index (Phi) is 4.03. The summed E-state index contributed by atoms with van der Waals surface area (Å²) >= 11 is 0. The Hall–Kier alpha value is -1.57. The summed E-state index contributed by atoms with van der Waals surface area (Å²) in [6, 6.07) is 1.44. The molecule has 1 fully saturated rings. The second kappa shape index (κ2) is 5.43. The number of aromatic nitrogens is 2. The Morgan fingerprint density at radius 3 is 2.95 bits per heavy atom. The van der Waals surface area contributed by atoms with E-state index in [9.17, 15) is 23.1 Å². The monoisotopic (exact) mass is 291 g/mol. The van der Waals surface area contributed by atoms with Crippen molar-refractivity contribution in [2.45, 2.75) is 37.5 Å². The smallest absolute Gasteiger partial charge is 0.388 e. The number of hydrogen-bond donors (Lipinski definition) is 3. The van der Waals surface area contributed by atoms with Crippen molar-refractivity contribution < 1.29 is 23.1 Å². The van der Waals surface area contributed by atoms with Crippen molar-refractivity contribution in [3.05, 3.63) is 18.0 Å². The molecule has 8 heteroatoms. The maximum Gasteiger partial charge on any atom is 0.391 e. The molecule has 0 bridgehead atoms. The molecule has 2 atom stereocenters. The van der Waals surface area contributed by atoms with Gasteiger partial charge in [-0.15, -0.1) is 0 Å². The highest BCUT2D eigenvalue weighted by atomic mass is 19.4. The molecule has 0 spiro atoms. The second-order valence-corrected chi connectivity index (χ2v) is 5.21. The fourth-order valence-corrected chi connectivity index (χ4v) is 2.50. The lowest BCUT2D eigenvalue weighted by Crippen LogP contribution is -2.48. The topological polar surface area (TPSA) is 78.0 Å². The van der Waals surface area contributed by atoms with Gasteiger partial charge in [-0.1, -0.05) is 0 Å². The second-order valence-electron chi connectivity index (χ2n) is 5.21. The standard InChI is InChI=1S/C12H16F3N3O2/c13-12(14,15)8-2-1-4-11(20,6-8)7-16-10(19)9-3-5-17-18-9/h3,5,8,20H,1-2,4,6-7H2,(H,16,19)(H,17,18)/t8-,11-/m0/s1. The minimum absolute atomic E-state index is 0.0281. The summed E-state index contributed by atoms with van der Waals surface area (Å²) in [7, 11) is 0. The maximum atomic E-state index is 12.7. The van der Waals surface area contributed by atoms with Crippen LogP contribution in [0.2, 0.25) is 0 Å². The van der Waals surface area contributed by atoms with Gasteiger partial charge in [0.05, 0.1) is 11.5 Å². The predicted octanol–water partition coefficient (Wildman–Crippen LogP) is 1.62. The molecule has 1 heterocycles. The molecule has 0 aromatic carbocycles. The number of carbonyl (C=O) groups excluding carboxylic acids is 1. The Bertz CT molecular complexity index is 461. The van der Waals surface area contributed by atoms with Crippen LogP contribution in [-0.4, -0.2) is 39.5 Å². The Labute approximate surface area is 113 Å². The summed E-state index contributed by atoms with van der Waals surface area (Å²) in [5.41, 5.74) is -1.30. The van der Waals surface area contributed by atoms with E-state index in [1.807, 2.05) is 0 Å². The lowest BCUT2D eigenvalue weighted by Gasteiger charge is -2.37. The fourth-order valence-electron chi connectivity index (χ4n) is 2.50. The van der Waals surface area contributed by atoms with E-state index >= 15 is 0 Å². The Morgan fingerprint density at radius 2 is 2.35 bits per heavy atom. The third-order valence-corrected chi connectivity index (χ3v) is 3.61. The Balaban J connectivity index is 1.92. The maximum absolute atomic E-state index is 12.7. The average Bonchev–Trinajstić information content (AvgIpc) is 2.89. The van der Waals surface area contributed by atoms with Crippen molar-refractivity contribution in [1.82, 2.24) is 15.5 Å². The van der Waals surface area contributed by atoms with Crippen molar-refractivity contribution in [2.75, 3.05) is 6.54 Å². The van der Waals surface area contributed by atoms with Gasteiger partial charge in [0.2, 0.25) is 0 Å². The number of aromatic amines is 1. The number of aliphatic hydroxyl groups is 1. The first-order chi connectivity index (χ1) is 9.30. The van der Waals surface area contributed by atoms with Gasteiger partial charge in [-0.05, 0) is 31.7 Å². The lowest BCUT2D eigenvalue weighted by molar-refractivity contribution is -0.199. The minimum Gasteiger partial charge on any atom is -0.388 e. The highest BCUT2D eigenvalue weighted by Crippen LogP contribution is 2.41. The minimum atomic E-state index is -4.30. The molecular weight excluding hydrogens is 275 g/mol. The molecular formula is C12H16F3N3O2. The molecule has 20 heavy (non-hydrogen) atoms.